The topological polar surface area (TPSA) is 92.2 Å². The highest BCUT2D eigenvalue weighted by atomic mass is 32.1. The fraction of sp³-hybridized carbons (Fsp3) is 0.231. The third kappa shape index (κ3) is 3.00. The molecule has 0 spiro atoms. The van der Waals surface area contributed by atoms with E-state index in [4.69, 9.17) is 5.11 Å². The van der Waals surface area contributed by atoms with Gasteiger partial charge in [0, 0.05) is 0 Å². The van der Waals surface area contributed by atoms with Gasteiger partial charge in [0.2, 0.25) is 0 Å². The number of aromatic nitrogens is 2. The molecule has 7 heteroatoms. The molecule has 2 rings (SSSR count). The predicted molar refractivity (Wildman–Crippen MR) is 75.4 cm³/mol. The van der Waals surface area contributed by atoms with Crippen LogP contribution in [0.25, 0.3) is 0 Å². The molecule has 0 aliphatic rings. The van der Waals surface area contributed by atoms with Gasteiger partial charge >= 0.3 is 5.97 Å². The lowest BCUT2D eigenvalue weighted by molar-refractivity contribution is 0.0702. The predicted octanol–water partition coefficient (Wildman–Crippen LogP) is 2.36. The van der Waals surface area contributed by atoms with Crippen molar-refractivity contribution < 1.29 is 14.7 Å². The molecule has 20 heavy (non-hydrogen) atoms. The Morgan fingerprint density at radius 1 is 1.35 bits per heavy atom. The quantitative estimate of drug-likeness (QED) is 0.902. The first-order chi connectivity index (χ1) is 9.51. The molecule has 0 aliphatic heterocycles. The maximum absolute atomic E-state index is 12.2. The van der Waals surface area contributed by atoms with Gasteiger partial charge in [0.25, 0.3) is 5.91 Å². The minimum absolute atomic E-state index is 0.181. The highest BCUT2D eigenvalue weighted by molar-refractivity contribution is 7.18. The lowest BCUT2D eigenvalue weighted by atomic mass is 10.1. The van der Waals surface area contributed by atoms with Crippen LogP contribution >= 0.6 is 11.3 Å². The summed E-state index contributed by atoms with van der Waals surface area (Å²) in [6, 6.07) is 4.70. The van der Waals surface area contributed by atoms with Crippen LogP contribution in [-0.4, -0.2) is 27.2 Å². The van der Waals surface area contributed by atoms with E-state index in [2.05, 4.69) is 15.5 Å². The molecule has 0 bridgehead atoms. The molecule has 1 amide bonds. The second kappa shape index (κ2) is 5.79. The fourth-order valence-corrected chi connectivity index (χ4v) is 2.41. The molecule has 0 atom stereocenters. The molecular formula is C13H13N3O3S. The van der Waals surface area contributed by atoms with Crippen LogP contribution in [0.1, 0.15) is 38.3 Å². The minimum Gasteiger partial charge on any atom is -0.477 e. The first-order valence-electron chi connectivity index (χ1n) is 5.99. The van der Waals surface area contributed by atoms with Gasteiger partial charge in [0.05, 0.1) is 22.0 Å². The Bertz CT molecular complexity index is 667. The number of aryl methyl sites for hydroxylation is 2. The zero-order valence-electron chi connectivity index (χ0n) is 11.0. The van der Waals surface area contributed by atoms with E-state index in [1.165, 1.54) is 6.07 Å². The second-order valence-electron chi connectivity index (χ2n) is 4.12. The summed E-state index contributed by atoms with van der Waals surface area (Å²) in [5, 5.41) is 19.9. The summed E-state index contributed by atoms with van der Waals surface area (Å²) in [5.74, 6) is -1.31. The molecule has 104 valence electrons. The van der Waals surface area contributed by atoms with Crippen molar-refractivity contribution in [1.82, 2.24) is 10.2 Å². The molecule has 2 heterocycles. The third-order valence-electron chi connectivity index (χ3n) is 2.63. The summed E-state index contributed by atoms with van der Waals surface area (Å²) < 4.78 is 0. The van der Waals surface area contributed by atoms with Crippen molar-refractivity contribution in [2.75, 3.05) is 5.32 Å². The minimum atomic E-state index is -1.01. The number of carboxylic acid groups (broad SMARTS) is 1. The van der Waals surface area contributed by atoms with E-state index in [0.717, 1.165) is 11.3 Å². The third-order valence-corrected chi connectivity index (χ3v) is 3.61. The lowest BCUT2D eigenvalue weighted by Gasteiger charge is -2.06. The number of aromatic carboxylic acids is 1. The van der Waals surface area contributed by atoms with E-state index in [1.807, 2.05) is 6.92 Å². The van der Waals surface area contributed by atoms with Gasteiger partial charge in [-0.05, 0) is 31.5 Å². The van der Waals surface area contributed by atoms with E-state index in [0.29, 0.717) is 28.4 Å². The van der Waals surface area contributed by atoms with Crippen molar-refractivity contribution >= 4 is 28.2 Å². The van der Waals surface area contributed by atoms with E-state index < -0.39 is 5.97 Å². The molecule has 2 aromatic rings. The Balaban J connectivity index is 2.23. The second-order valence-corrected chi connectivity index (χ2v) is 5.21. The summed E-state index contributed by atoms with van der Waals surface area (Å²) in [7, 11) is 0. The van der Waals surface area contributed by atoms with Gasteiger partial charge in [-0.25, -0.2) is 4.79 Å². The number of nitrogens with zero attached hydrogens (tertiary/aromatic N) is 2. The number of carbonyl (C=O) groups is 2. The zero-order chi connectivity index (χ0) is 14.7. The van der Waals surface area contributed by atoms with Crippen LogP contribution in [0, 0.1) is 6.92 Å². The van der Waals surface area contributed by atoms with Gasteiger partial charge in [-0.15, -0.1) is 11.3 Å². The monoisotopic (exact) mass is 291 g/mol. The van der Waals surface area contributed by atoms with Crippen molar-refractivity contribution in [3.8, 4) is 0 Å². The van der Waals surface area contributed by atoms with Crippen molar-refractivity contribution in [3.63, 3.8) is 0 Å². The van der Waals surface area contributed by atoms with E-state index >= 15 is 0 Å². The number of anilines is 1. The molecule has 0 radical (unpaired) electrons. The number of hydrogen-bond donors (Lipinski definition) is 2. The first-order valence-corrected chi connectivity index (χ1v) is 6.80. The van der Waals surface area contributed by atoms with Crippen LogP contribution in [0.2, 0.25) is 0 Å². The Morgan fingerprint density at radius 2 is 2.10 bits per heavy atom. The number of thiophene rings is 1. The SMILES string of the molecule is CCc1nnc(C)cc1C(=O)Nc1ccc(C(=O)O)s1. The maximum atomic E-state index is 12.2. The molecule has 0 saturated heterocycles. The molecule has 2 aromatic heterocycles. The van der Waals surface area contributed by atoms with Gasteiger partial charge in [-0.3, -0.25) is 4.79 Å². The normalized spacial score (nSPS) is 10.3. The van der Waals surface area contributed by atoms with E-state index in [1.54, 1.807) is 19.1 Å². The zero-order valence-corrected chi connectivity index (χ0v) is 11.8. The average Bonchev–Trinajstić information content (AvgIpc) is 2.87. The summed E-state index contributed by atoms with van der Waals surface area (Å²) in [6.45, 7) is 3.65. The Labute approximate surface area is 119 Å². The Hall–Kier alpha value is -2.28. The van der Waals surface area contributed by atoms with Gasteiger partial charge in [-0.2, -0.15) is 10.2 Å². The van der Waals surface area contributed by atoms with E-state index in [9.17, 15) is 9.59 Å². The van der Waals surface area contributed by atoms with Crippen LogP contribution in [0.3, 0.4) is 0 Å². The molecule has 0 aromatic carbocycles. The van der Waals surface area contributed by atoms with Crippen molar-refractivity contribution in [2.24, 2.45) is 0 Å². The molecular weight excluding hydrogens is 278 g/mol. The van der Waals surface area contributed by atoms with Gasteiger partial charge in [0.1, 0.15) is 4.88 Å². The largest absolute Gasteiger partial charge is 0.477 e. The highest BCUT2D eigenvalue weighted by Crippen LogP contribution is 2.22. The van der Waals surface area contributed by atoms with E-state index in [-0.39, 0.29) is 10.8 Å². The number of hydrogen-bond acceptors (Lipinski definition) is 5. The Morgan fingerprint density at radius 3 is 2.70 bits per heavy atom. The Kier molecular flexibility index (Phi) is 4.09. The fourth-order valence-electron chi connectivity index (χ4n) is 1.67. The van der Waals surface area contributed by atoms with Crippen LogP contribution in [-0.2, 0) is 6.42 Å². The number of rotatable bonds is 4. The van der Waals surface area contributed by atoms with Gasteiger partial charge in [0.15, 0.2) is 0 Å². The first kappa shape index (κ1) is 14.1. The molecule has 0 aliphatic carbocycles. The van der Waals surface area contributed by atoms with Gasteiger partial charge in [-0.1, -0.05) is 6.92 Å². The summed E-state index contributed by atoms with van der Waals surface area (Å²) in [4.78, 5) is 23.2. The molecule has 0 saturated carbocycles. The van der Waals surface area contributed by atoms with Crippen LogP contribution in [0.5, 0.6) is 0 Å². The summed E-state index contributed by atoms with van der Waals surface area (Å²) >= 11 is 1.01. The summed E-state index contributed by atoms with van der Waals surface area (Å²) in [5.41, 5.74) is 1.73. The average molecular weight is 291 g/mol. The van der Waals surface area contributed by atoms with Crippen molar-refractivity contribution in [1.29, 1.82) is 0 Å². The van der Waals surface area contributed by atoms with Crippen LogP contribution < -0.4 is 5.32 Å². The number of nitrogens with one attached hydrogen (secondary N) is 1. The number of carbonyl (C=O) groups excluding carboxylic acids is 1. The lowest BCUT2D eigenvalue weighted by Crippen LogP contribution is -2.15. The van der Waals surface area contributed by atoms with Crippen molar-refractivity contribution in [2.45, 2.75) is 20.3 Å². The molecule has 2 N–H and O–H groups in total. The van der Waals surface area contributed by atoms with Crippen LogP contribution in [0.15, 0.2) is 18.2 Å². The standard InChI is InChI=1S/C13H13N3O3S/c1-3-9-8(6-7(2)15-16-9)12(17)14-11-5-4-10(20-11)13(18)19/h4-6H,3H2,1-2H3,(H,14,17)(H,18,19). The number of amides is 1. The summed E-state index contributed by atoms with van der Waals surface area (Å²) in [6.07, 6.45) is 0.598. The molecule has 0 fully saturated rings. The molecule has 6 nitrogen and oxygen atoms in total. The van der Waals surface area contributed by atoms with Gasteiger partial charge < -0.3 is 10.4 Å². The highest BCUT2D eigenvalue weighted by Gasteiger charge is 2.15. The van der Waals surface area contributed by atoms with Crippen LogP contribution in [0.4, 0.5) is 5.00 Å². The molecule has 0 unspecified atom stereocenters. The smallest absolute Gasteiger partial charge is 0.345 e. The number of carboxylic acids is 1. The maximum Gasteiger partial charge on any atom is 0.345 e. The van der Waals surface area contributed by atoms with Crippen molar-refractivity contribution in [3.05, 3.63) is 40.0 Å².